The lowest BCUT2D eigenvalue weighted by Gasteiger charge is -2.32. The van der Waals surface area contributed by atoms with Crippen LogP contribution in [0, 0.1) is 0 Å². The number of amides is 1. The Balaban J connectivity index is 1.63. The molecule has 1 saturated carbocycles. The first-order valence-corrected chi connectivity index (χ1v) is 10.4. The topological polar surface area (TPSA) is 72.3 Å². The predicted molar refractivity (Wildman–Crippen MR) is 117 cm³/mol. The number of carbonyl (C=O) groups excluding carboxylic acids is 1. The number of carbonyl (C=O) groups is 1. The van der Waals surface area contributed by atoms with E-state index in [1.165, 1.54) is 19.3 Å². The minimum absolute atomic E-state index is 0.243. The number of para-hydroxylation sites is 1. The smallest absolute Gasteiger partial charge is 0.257 e. The quantitative estimate of drug-likeness (QED) is 0.647. The van der Waals surface area contributed by atoms with E-state index < -0.39 is 0 Å². The molecular weight excluding hydrogens is 378 g/mol. The van der Waals surface area contributed by atoms with Gasteiger partial charge in [0.2, 0.25) is 5.88 Å². The fourth-order valence-corrected chi connectivity index (χ4v) is 3.79. The van der Waals surface area contributed by atoms with Crippen LogP contribution in [0.4, 0.5) is 11.6 Å². The normalized spacial score (nSPS) is 14.3. The summed E-state index contributed by atoms with van der Waals surface area (Å²) in [4.78, 5) is 19.8. The van der Waals surface area contributed by atoms with Crippen LogP contribution in [0.15, 0.2) is 54.7 Å². The number of nitrogens with one attached hydrogen (secondary N) is 1. The van der Waals surface area contributed by atoms with Crippen molar-refractivity contribution in [2.75, 3.05) is 17.3 Å². The van der Waals surface area contributed by atoms with Gasteiger partial charge in [0.15, 0.2) is 5.82 Å². The van der Waals surface area contributed by atoms with Gasteiger partial charge in [0.1, 0.15) is 11.6 Å². The Hall–Kier alpha value is -3.35. The second-order valence-electron chi connectivity index (χ2n) is 7.70. The molecule has 1 aliphatic rings. The molecule has 2 aromatic heterocycles. The van der Waals surface area contributed by atoms with Crippen molar-refractivity contribution in [2.24, 2.45) is 7.05 Å². The molecule has 0 unspecified atom stereocenters. The lowest BCUT2D eigenvalue weighted by molar-refractivity contribution is 0.102. The van der Waals surface area contributed by atoms with Gasteiger partial charge in [0, 0.05) is 44.0 Å². The van der Waals surface area contributed by atoms with Gasteiger partial charge in [-0.3, -0.25) is 9.48 Å². The van der Waals surface area contributed by atoms with E-state index in [1.54, 1.807) is 23.0 Å². The zero-order valence-electron chi connectivity index (χ0n) is 17.4. The lowest BCUT2D eigenvalue weighted by Crippen LogP contribution is -2.34. The van der Waals surface area contributed by atoms with Crippen molar-refractivity contribution in [3.05, 3.63) is 60.3 Å². The summed E-state index contributed by atoms with van der Waals surface area (Å²) in [5.41, 5.74) is 0.485. The van der Waals surface area contributed by atoms with E-state index in [1.807, 2.05) is 50.5 Å². The summed E-state index contributed by atoms with van der Waals surface area (Å²) in [6.07, 6.45) is 7.79. The summed E-state index contributed by atoms with van der Waals surface area (Å²) in [6, 6.07) is 15.2. The second-order valence-corrected chi connectivity index (χ2v) is 7.70. The van der Waals surface area contributed by atoms with Gasteiger partial charge in [-0.2, -0.15) is 10.1 Å². The van der Waals surface area contributed by atoms with Gasteiger partial charge in [-0.1, -0.05) is 37.5 Å². The third kappa shape index (κ3) is 4.79. The Morgan fingerprint density at radius 2 is 1.90 bits per heavy atom. The molecule has 0 saturated heterocycles. The van der Waals surface area contributed by atoms with Crippen LogP contribution in [-0.2, 0) is 7.05 Å². The minimum Gasteiger partial charge on any atom is -0.439 e. The van der Waals surface area contributed by atoms with E-state index >= 15 is 0 Å². The van der Waals surface area contributed by atoms with E-state index in [0.29, 0.717) is 29.1 Å². The van der Waals surface area contributed by atoms with E-state index in [-0.39, 0.29) is 5.91 Å². The molecule has 7 nitrogen and oxygen atoms in total. The van der Waals surface area contributed by atoms with Crippen molar-refractivity contribution in [1.29, 1.82) is 0 Å². The fraction of sp³-hybridized carbons (Fsp3) is 0.348. The van der Waals surface area contributed by atoms with Crippen molar-refractivity contribution in [1.82, 2.24) is 14.8 Å². The maximum atomic E-state index is 12.9. The van der Waals surface area contributed by atoms with Crippen LogP contribution < -0.4 is 15.0 Å². The largest absolute Gasteiger partial charge is 0.439 e. The van der Waals surface area contributed by atoms with Crippen molar-refractivity contribution in [3.63, 3.8) is 0 Å². The maximum absolute atomic E-state index is 12.9. The van der Waals surface area contributed by atoms with Gasteiger partial charge < -0.3 is 15.0 Å². The Bertz CT molecular complexity index is 996. The predicted octanol–water partition coefficient (Wildman–Crippen LogP) is 4.63. The number of benzene rings is 1. The molecular formula is C23H27N5O2. The van der Waals surface area contributed by atoms with Gasteiger partial charge in [-0.25, -0.2) is 0 Å². The Morgan fingerprint density at radius 1 is 1.13 bits per heavy atom. The Labute approximate surface area is 176 Å². The summed E-state index contributed by atoms with van der Waals surface area (Å²) in [5, 5.41) is 7.07. The van der Waals surface area contributed by atoms with Crippen LogP contribution in [0.25, 0.3) is 0 Å². The molecule has 0 bridgehead atoms. The lowest BCUT2D eigenvalue weighted by atomic mass is 9.94. The number of rotatable bonds is 6. The number of aryl methyl sites for hydroxylation is 1. The molecule has 0 radical (unpaired) electrons. The molecule has 1 aliphatic carbocycles. The molecule has 30 heavy (non-hydrogen) atoms. The molecule has 156 valence electrons. The first kappa shape index (κ1) is 19.9. The zero-order chi connectivity index (χ0) is 20.9. The molecule has 1 N–H and O–H groups in total. The number of ether oxygens (including phenoxy) is 1. The molecule has 0 atom stereocenters. The van der Waals surface area contributed by atoms with Gasteiger partial charge in [-0.15, -0.1) is 0 Å². The monoisotopic (exact) mass is 405 g/mol. The molecule has 1 amide bonds. The summed E-state index contributed by atoms with van der Waals surface area (Å²) in [7, 11) is 3.86. The van der Waals surface area contributed by atoms with E-state index in [4.69, 9.17) is 9.72 Å². The maximum Gasteiger partial charge on any atom is 0.257 e. The average Bonchev–Trinajstić information content (AvgIpc) is 3.18. The highest BCUT2D eigenvalue weighted by Gasteiger charge is 2.21. The van der Waals surface area contributed by atoms with E-state index in [0.717, 1.165) is 18.7 Å². The molecule has 1 fully saturated rings. The molecule has 0 spiro atoms. The number of nitrogens with zero attached hydrogens (tertiary/aromatic N) is 4. The van der Waals surface area contributed by atoms with Crippen molar-refractivity contribution in [2.45, 2.75) is 38.1 Å². The highest BCUT2D eigenvalue weighted by Crippen LogP contribution is 2.29. The summed E-state index contributed by atoms with van der Waals surface area (Å²) in [6.45, 7) is 0. The van der Waals surface area contributed by atoms with Crippen LogP contribution in [-0.4, -0.2) is 33.8 Å². The van der Waals surface area contributed by atoms with Crippen LogP contribution >= 0.6 is 0 Å². The van der Waals surface area contributed by atoms with Gasteiger partial charge in [0.25, 0.3) is 5.91 Å². The van der Waals surface area contributed by atoms with Crippen LogP contribution in [0.1, 0.15) is 42.5 Å². The standard InChI is InChI=1S/C23H27N5O2/c1-27-14-13-20(26-27)24-23(29)17-15-21(28(2)18-9-5-3-6-10-18)25-22(16-17)30-19-11-7-4-8-12-19/h4,7-8,11-16,18H,3,5-6,9-10H2,1-2H3,(H,24,26,29). The zero-order valence-corrected chi connectivity index (χ0v) is 17.4. The van der Waals surface area contributed by atoms with Crippen LogP contribution in [0.2, 0.25) is 0 Å². The highest BCUT2D eigenvalue weighted by atomic mass is 16.5. The third-order valence-corrected chi connectivity index (χ3v) is 5.46. The van der Waals surface area contributed by atoms with Crippen molar-refractivity contribution >= 4 is 17.5 Å². The highest BCUT2D eigenvalue weighted by molar-refractivity contribution is 6.04. The van der Waals surface area contributed by atoms with Crippen molar-refractivity contribution in [3.8, 4) is 11.6 Å². The van der Waals surface area contributed by atoms with Gasteiger partial charge in [0.05, 0.1) is 0 Å². The minimum atomic E-state index is -0.243. The first-order valence-electron chi connectivity index (χ1n) is 10.4. The first-order chi connectivity index (χ1) is 14.6. The van der Waals surface area contributed by atoms with Gasteiger partial charge >= 0.3 is 0 Å². The Morgan fingerprint density at radius 3 is 2.60 bits per heavy atom. The average molecular weight is 406 g/mol. The molecule has 0 aliphatic heterocycles. The SMILES string of the molecule is CN(c1cc(C(=O)Nc2ccn(C)n2)cc(Oc2ccccc2)n1)C1CCCCC1. The van der Waals surface area contributed by atoms with Gasteiger partial charge in [-0.05, 0) is 31.0 Å². The second kappa shape index (κ2) is 8.98. The molecule has 2 heterocycles. The fourth-order valence-electron chi connectivity index (χ4n) is 3.79. The number of pyridine rings is 1. The van der Waals surface area contributed by atoms with E-state index in [2.05, 4.69) is 15.3 Å². The van der Waals surface area contributed by atoms with Crippen LogP contribution in [0.5, 0.6) is 11.6 Å². The van der Waals surface area contributed by atoms with Crippen molar-refractivity contribution < 1.29 is 9.53 Å². The molecule has 4 rings (SSSR count). The summed E-state index contributed by atoms with van der Waals surface area (Å²) < 4.78 is 7.61. The third-order valence-electron chi connectivity index (χ3n) is 5.46. The Kier molecular flexibility index (Phi) is 5.97. The number of hydrogen-bond acceptors (Lipinski definition) is 5. The number of aromatic nitrogens is 3. The van der Waals surface area contributed by atoms with E-state index in [9.17, 15) is 4.79 Å². The molecule has 7 heteroatoms. The summed E-state index contributed by atoms with van der Waals surface area (Å²) in [5.74, 6) is 2.08. The van der Waals surface area contributed by atoms with Crippen LogP contribution in [0.3, 0.4) is 0 Å². The number of hydrogen-bond donors (Lipinski definition) is 1. The number of anilines is 2. The summed E-state index contributed by atoms with van der Waals surface area (Å²) >= 11 is 0. The molecule has 3 aromatic rings. The molecule has 1 aromatic carbocycles.